The summed E-state index contributed by atoms with van der Waals surface area (Å²) in [7, 11) is 0. The van der Waals surface area contributed by atoms with Crippen LogP contribution in [0.3, 0.4) is 0 Å². The predicted octanol–water partition coefficient (Wildman–Crippen LogP) is 0.125. The van der Waals surface area contributed by atoms with Gasteiger partial charge in [0.05, 0.1) is 6.61 Å². The molecule has 0 aromatic carbocycles. The largest absolute Gasteiger partial charge is 0.394 e. The maximum Gasteiger partial charge on any atom is 0.138 e. The number of hydrogen-bond acceptors (Lipinski definition) is 6. The smallest absolute Gasteiger partial charge is 0.138 e. The van der Waals surface area contributed by atoms with E-state index in [1.165, 1.54) is 19.3 Å². The van der Waals surface area contributed by atoms with Crippen LogP contribution in [-0.4, -0.2) is 63.2 Å². The minimum atomic E-state index is -1.31. The summed E-state index contributed by atoms with van der Waals surface area (Å²) in [6.45, 7) is 4.37. The van der Waals surface area contributed by atoms with E-state index in [9.17, 15) is 20.4 Å². The Kier molecular flexibility index (Phi) is 3.85. The molecule has 4 aliphatic carbocycles. The van der Waals surface area contributed by atoms with Crippen molar-refractivity contribution in [1.29, 1.82) is 0 Å². The van der Waals surface area contributed by atoms with Gasteiger partial charge in [-0.25, -0.2) is 0 Å². The standard InChI is InChI=1S/C18H31NO5/c1-16-3-10-4-17(2,7-16)9-18(5-10,8-16)19-15-14(23)13(22)12(21)11(6-20)24-15/h10-15,19-23H,3-9H2,1-2H3/t10?,11-,12+,13+,14-,15-,16+,17+,18?/m1/s1. The zero-order valence-electron chi connectivity index (χ0n) is 14.6. The predicted molar refractivity (Wildman–Crippen MR) is 87.0 cm³/mol. The fourth-order valence-corrected chi connectivity index (χ4v) is 7.13. The van der Waals surface area contributed by atoms with Gasteiger partial charge in [-0.2, -0.15) is 0 Å². The van der Waals surface area contributed by atoms with Crippen LogP contribution in [0.1, 0.15) is 52.4 Å². The third kappa shape index (κ3) is 2.63. The zero-order chi connectivity index (χ0) is 17.3. The van der Waals surface area contributed by atoms with Crippen molar-refractivity contribution in [2.45, 2.75) is 88.6 Å². The van der Waals surface area contributed by atoms with Crippen LogP contribution in [0.4, 0.5) is 0 Å². The van der Waals surface area contributed by atoms with Gasteiger partial charge in [0.2, 0.25) is 0 Å². The Hall–Kier alpha value is -0.240. The van der Waals surface area contributed by atoms with Gasteiger partial charge < -0.3 is 25.2 Å². The Morgan fingerprint density at radius 3 is 2.08 bits per heavy atom. The first-order valence-corrected chi connectivity index (χ1v) is 9.25. The molecule has 24 heavy (non-hydrogen) atoms. The summed E-state index contributed by atoms with van der Waals surface area (Å²) in [5.74, 6) is 0.702. The molecule has 1 heterocycles. The van der Waals surface area contributed by atoms with E-state index in [0.717, 1.165) is 19.3 Å². The summed E-state index contributed by atoms with van der Waals surface area (Å²) in [6, 6.07) is 0. The van der Waals surface area contributed by atoms with Gasteiger partial charge in [-0.1, -0.05) is 13.8 Å². The van der Waals surface area contributed by atoms with Crippen molar-refractivity contribution in [2.75, 3.05) is 6.61 Å². The molecule has 5 aliphatic rings. The number of hydrogen-bond donors (Lipinski definition) is 5. The van der Waals surface area contributed by atoms with Gasteiger partial charge in [0.15, 0.2) is 0 Å². The second-order valence-electron chi connectivity index (χ2n) is 9.80. The van der Waals surface area contributed by atoms with Crippen LogP contribution in [-0.2, 0) is 4.74 Å². The molecule has 138 valence electrons. The van der Waals surface area contributed by atoms with Crippen molar-refractivity contribution in [2.24, 2.45) is 16.7 Å². The molecule has 5 N–H and O–H groups in total. The Bertz CT molecular complexity index is 494. The summed E-state index contributed by atoms with van der Waals surface area (Å²) in [4.78, 5) is 0. The van der Waals surface area contributed by atoms with Gasteiger partial charge >= 0.3 is 0 Å². The molecule has 1 aliphatic heterocycles. The molecule has 1 saturated heterocycles. The summed E-state index contributed by atoms with van der Waals surface area (Å²) < 4.78 is 5.71. The second kappa shape index (κ2) is 5.38. The highest BCUT2D eigenvalue weighted by Gasteiger charge is 2.61. The molecule has 5 rings (SSSR count). The number of aliphatic hydroxyl groups is 4. The fourth-order valence-electron chi connectivity index (χ4n) is 7.13. The average molecular weight is 341 g/mol. The SMILES string of the molecule is C[C@@]12CC3CC(N[C@@H]4O[C@H](CO)[C@H](O)[C@H](O)[C@H]4O)(C1)C[C@@](C)(C3)C2. The van der Waals surface area contributed by atoms with Gasteiger partial charge in [-0.05, 0) is 55.3 Å². The number of rotatable bonds is 3. The van der Waals surface area contributed by atoms with Gasteiger partial charge in [0.1, 0.15) is 30.6 Å². The van der Waals surface area contributed by atoms with Crippen molar-refractivity contribution in [1.82, 2.24) is 5.32 Å². The Labute approximate surface area is 143 Å². The summed E-state index contributed by atoms with van der Waals surface area (Å²) in [5.41, 5.74) is 0.571. The topological polar surface area (TPSA) is 102 Å². The van der Waals surface area contributed by atoms with E-state index in [1.54, 1.807) is 0 Å². The minimum Gasteiger partial charge on any atom is -0.394 e. The highest BCUT2D eigenvalue weighted by atomic mass is 16.6. The van der Waals surface area contributed by atoms with E-state index < -0.39 is 30.6 Å². The van der Waals surface area contributed by atoms with Crippen LogP contribution >= 0.6 is 0 Å². The fraction of sp³-hybridized carbons (Fsp3) is 1.00. The van der Waals surface area contributed by atoms with Crippen molar-refractivity contribution < 1.29 is 25.2 Å². The summed E-state index contributed by atoms with van der Waals surface area (Å²) in [6.07, 6.45) is 1.59. The molecule has 6 nitrogen and oxygen atoms in total. The first kappa shape index (κ1) is 17.2. The van der Waals surface area contributed by atoms with Crippen LogP contribution in [0.5, 0.6) is 0 Å². The molecule has 0 aromatic heterocycles. The van der Waals surface area contributed by atoms with E-state index in [0.29, 0.717) is 16.7 Å². The lowest BCUT2D eigenvalue weighted by atomic mass is 9.42. The average Bonchev–Trinajstić information content (AvgIpc) is 2.44. The maximum atomic E-state index is 10.4. The Morgan fingerprint density at radius 2 is 1.54 bits per heavy atom. The quantitative estimate of drug-likeness (QED) is 0.500. The number of nitrogens with one attached hydrogen (secondary N) is 1. The monoisotopic (exact) mass is 341 g/mol. The lowest BCUT2D eigenvalue weighted by Gasteiger charge is -2.66. The van der Waals surface area contributed by atoms with Gasteiger partial charge in [0.25, 0.3) is 0 Å². The van der Waals surface area contributed by atoms with Crippen molar-refractivity contribution >= 4 is 0 Å². The molecule has 7 atom stereocenters. The van der Waals surface area contributed by atoms with Crippen LogP contribution in [0.25, 0.3) is 0 Å². The molecule has 0 aromatic rings. The highest BCUT2D eigenvalue weighted by molar-refractivity contribution is 5.15. The second-order valence-corrected chi connectivity index (χ2v) is 9.80. The van der Waals surface area contributed by atoms with E-state index in [1.807, 2.05) is 0 Å². The summed E-state index contributed by atoms with van der Waals surface area (Å²) in [5, 5.41) is 43.3. The van der Waals surface area contributed by atoms with Gasteiger partial charge in [-0.3, -0.25) is 5.32 Å². The lowest BCUT2D eigenvalue weighted by molar-refractivity contribution is -0.249. The molecule has 5 fully saturated rings. The molecule has 0 amide bonds. The number of aliphatic hydroxyl groups excluding tert-OH is 4. The molecule has 6 heteroatoms. The van der Waals surface area contributed by atoms with Crippen LogP contribution in [0, 0.1) is 16.7 Å². The molecule has 0 radical (unpaired) electrons. The molecule has 4 bridgehead atoms. The summed E-state index contributed by atoms with van der Waals surface area (Å²) >= 11 is 0. The zero-order valence-corrected chi connectivity index (χ0v) is 14.6. The lowest BCUT2D eigenvalue weighted by Crippen LogP contribution is -2.71. The maximum absolute atomic E-state index is 10.4. The van der Waals surface area contributed by atoms with Gasteiger partial charge in [-0.15, -0.1) is 0 Å². The molecular formula is C18H31NO5. The van der Waals surface area contributed by atoms with Crippen molar-refractivity contribution in [3.05, 3.63) is 0 Å². The van der Waals surface area contributed by atoms with Crippen molar-refractivity contribution in [3.8, 4) is 0 Å². The molecule has 4 saturated carbocycles. The van der Waals surface area contributed by atoms with Crippen LogP contribution < -0.4 is 5.32 Å². The minimum absolute atomic E-state index is 0.0867. The first-order chi connectivity index (χ1) is 11.2. The molecule has 0 spiro atoms. The van der Waals surface area contributed by atoms with E-state index >= 15 is 0 Å². The Morgan fingerprint density at radius 1 is 0.917 bits per heavy atom. The van der Waals surface area contributed by atoms with E-state index in [-0.39, 0.29) is 12.1 Å². The number of ether oxygens (including phenoxy) is 1. The van der Waals surface area contributed by atoms with Gasteiger partial charge in [0, 0.05) is 5.54 Å². The molecule has 0 unspecified atom stereocenters. The highest BCUT2D eigenvalue weighted by Crippen LogP contribution is 2.66. The third-order valence-corrected chi connectivity index (χ3v) is 6.97. The van der Waals surface area contributed by atoms with E-state index in [4.69, 9.17) is 4.74 Å². The van der Waals surface area contributed by atoms with Crippen LogP contribution in [0.2, 0.25) is 0 Å². The first-order valence-electron chi connectivity index (χ1n) is 9.25. The molecular weight excluding hydrogens is 310 g/mol. The van der Waals surface area contributed by atoms with Crippen LogP contribution in [0.15, 0.2) is 0 Å². The van der Waals surface area contributed by atoms with Crippen molar-refractivity contribution in [3.63, 3.8) is 0 Å². The Balaban J connectivity index is 1.56. The third-order valence-electron chi connectivity index (χ3n) is 6.97. The van der Waals surface area contributed by atoms with E-state index in [2.05, 4.69) is 19.2 Å². The normalized spacial score (nSPS) is 59.8.